The number of unbranched alkanes of at least 4 members (excludes halogenated alkanes) is 7. The average Bonchev–Trinajstić information content (AvgIpc) is 3.99. The van der Waals surface area contributed by atoms with Crippen LogP contribution in [0.1, 0.15) is 121 Å². The molecule has 4 heterocycles. The molecule has 7 rings (SSSR count). The van der Waals surface area contributed by atoms with Gasteiger partial charge in [0.15, 0.2) is 0 Å². The van der Waals surface area contributed by atoms with Gasteiger partial charge in [-0.25, -0.2) is 0 Å². The van der Waals surface area contributed by atoms with Crippen LogP contribution >= 0.6 is 0 Å². The van der Waals surface area contributed by atoms with Crippen LogP contribution in [0.3, 0.4) is 0 Å². The highest BCUT2D eigenvalue weighted by Gasteiger charge is 2.39. The van der Waals surface area contributed by atoms with E-state index >= 15 is 0 Å². The quantitative estimate of drug-likeness (QED) is 0.0433. The van der Waals surface area contributed by atoms with Crippen molar-refractivity contribution in [1.29, 1.82) is 5.41 Å². The fraction of sp³-hybridized carbons (Fsp3) is 0.489. The van der Waals surface area contributed by atoms with Crippen LogP contribution in [0.2, 0.25) is 0 Å². The van der Waals surface area contributed by atoms with E-state index in [2.05, 4.69) is 40.7 Å². The molecule has 3 atom stereocenters. The first-order chi connectivity index (χ1) is 29.4. The molecule has 0 saturated carbocycles. The van der Waals surface area contributed by atoms with Crippen molar-refractivity contribution in [2.24, 2.45) is 5.73 Å². The molecule has 13 nitrogen and oxygen atoms in total. The summed E-state index contributed by atoms with van der Waals surface area (Å²) in [5.41, 5.74) is 6.06. The summed E-state index contributed by atoms with van der Waals surface area (Å²) in [7, 11) is 0. The number of alkyl halides is 3. The number of aromatic nitrogens is 4. The topological polar surface area (TPSA) is 173 Å². The molecule has 0 amide bonds. The van der Waals surface area contributed by atoms with Crippen molar-refractivity contribution in [1.82, 2.24) is 30.1 Å². The smallest absolute Gasteiger partial charge is 0.419 e. The number of benzene rings is 3. The number of nitrogens with zero attached hydrogens (tertiary/aromatic N) is 6. The van der Waals surface area contributed by atoms with E-state index in [1.54, 1.807) is 16.7 Å². The van der Waals surface area contributed by atoms with Crippen molar-refractivity contribution in [2.45, 2.75) is 116 Å². The lowest BCUT2D eigenvalue weighted by atomic mass is 10.0. The zero-order valence-electron chi connectivity index (χ0n) is 35.2. The van der Waals surface area contributed by atoms with E-state index in [0.717, 1.165) is 86.2 Å². The van der Waals surface area contributed by atoms with Crippen LogP contribution in [0.4, 0.5) is 13.2 Å². The van der Waals surface area contributed by atoms with Gasteiger partial charge in [-0.05, 0) is 79.8 Å². The van der Waals surface area contributed by atoms with E-state index in [1.807, 2.05) is 36.4 Å². The maximum Gasteiger partial charge on any atom is 0.419 e. The highest BCUT2D eigenvalue weighted by molar-refractivity contribution is 5.87. The third-order valence-electron chi connectivity index (χ3n) is 11.0. The van der Waals surface area contributed by atoms with Crippen molar-refractivity contribution in [2.75, 3.05) is 26.3 Å². The lowest BCUT2D eigenvalue weighted by molar-refractivity contribution is -0.138. The van der Waals surface area contributed by atoms with Crippen molar-refractivity contribution in [3.63, 3.8) is 0 Å². The summed E-state index contributed by atoms with van der Waals surface area (Å²) in [6, 6.07) is 15.3. The minimum absolute atomic E-state index is 0.0949. The molecule has 0 unspecified atom stereocenters. The van der Waals surface area contributed by atoms with Crippen LogP contribution in [-0.2, 0) is 6.18 Å². The SMILES string of the molecule is C=C(N)N1CC[C@H](O)[C@H]1c1nc(-c2ccc3cc(OCCCCC)ccc3c2)no1.CCCCCCCCOc1ccc(-c2noc([C@@H]3CCN3C(C)=N)n2)cc1C(F)(F)F. The maximum absolute atomic E-state index is 13.6. The molecular formula is C45H57F3N8O5. The van der Waals surface area contributed by atoms with Crippen LogP contribution in [0.15, 0.2) is 76.0 Å². The third kappa shape index (κ3) is 11.4. The van der Waals surface area contributed by atoms with Gasteiger partial charge in [0, 0.05) is 24.2 Å². The number of hydrogen-bond acceptors (Lipinski definition) is 12. The molecule has 3 aromatic carbocycles. The van der Waals surface area contributed by atoms with Gasteiger partial charge in [0.1, 0.15) is 23.6 Å². The molecule has 5 aromatic rings. The number of amidine groups is 1. The number of aliphatic hydroxyl groups excluding tert-OH is 1. The standard InChI is InChI=1S/C23H28N4O3.C22H29F3N4O2/c1-3-4-5-12-29-19-9-8-16-13-18(7-6-17(16)14-19)22-25-23(30-26-22)21-20(28)10-11-27(21)15(2)24;1-3-4-5-6-7-8-13-30-19-10-9-16(14-17(19)22(23,24)25)20-27-21(31-28-20)18-11-12-29(18)15(2)26/h6-9,13-14,20-21,28H,2-5,10-12,24H2,1H3;9-10,14,18,26H,3-8,11-13H2,1-2H3/t20-,21-;18-/m00/s1. The maximum atomic E-state index is 13.6. The molecule has 0 aliphatic carbocycles. The van der Waals surface area contributed by atoms with Gasteiger partial charge in [-0.15, -0.1) is 0 Å². The van der Waals surface area contributed by atoms with E-state index in [9.17, 15) is 18.3 Å². The Labute approximate surface area is 354 Å². The summed E-state index contributed by atoms with van der Waals surface area (Å²) in [5.74, 6) is 2.70. The highest BCUT2D eigenvalue weighted by atomic mass is 19.4. The van der Waals surface area contributed by atoms with Gasteiger partial charge in [-0.3, -0.25) is 5.41 Å². The van der Waals surface area contributed by atoms with Crippen molar-refractivity contribution >= 4 is 16.6 Å². The van der Waals surface area contributed by atoms with Crippen molar-refractivity contribution < 1.29 is 36.8 Å². The number of rotatable bonds is 18. The number of likely N-dealkylation sites (tertiary alicyclic amines) is 2. The third-order valence-corrected chi connectivity index (χ3v) is 11.0. The van der Waals surface area contributed by atoms with E-state index in [0.29, 0.717) is 42.2 Å². The molecular weight excluding hydrogens is 790 g/mol. The van der Waals surface area contributed by atoms with Crippen LogP contribution in [0.5, 0.6) is 11.5 Å². The lowest BCUT2D eigenvalue weighted by Gasteiger charge is -2.39. The van der Waals surface area contributed by atoms with Gasteiger partial charge < -0.3 is 39.2 Å². The second-order valence-electron chi connectivity index (χ2n) is 15.6. The highest BCUT2D eigenvalue weighted by Crippen LogP contribution is 2.40. The van der Waals surface area contributed by atoms with Crippen molar-refractivity contribution in [3.8, 4) is 34.3 Å². The Morgan fingerprint density at radius 3 is 2.08 bits per heavy atom. The van der Waals surface area contributed by atoms with Gasteiger partial charge in [0.25, 0.3) is 5.89 Å². The van der Waals surface area contributed by atoms with E-state index in [1.165, 1.54) is 31.4 Å². The Balaban J connectivity index is 0.000000204. The summed E-state index contributed by atoms with van der Waals surface area (Å²) in [4.78, 5) is 12.4. The van der Waals surface area contributed by atoms with Gasteiger partial charge >= 0.3 is 6.18 Å². The molecule has 2 saturated heterocycles. The van der Waals surface area contributed by atoms with Gasteiger partial charge in [-0.2, -0.15) is 23.1 Å². The Kier molecular flexibility index (Phi) is 15.3. The number of halogens is 3. The fourth-order valence-corrected chi connectivity index (χ4v) is 7.48. The summed E-state index contributed by atoms with van der Waals surface area (Å²) in [6.07, 6.45) is 5.80. The largest absolute Gasteiger partial charge is 0.494 e. The monoisotopic (exact) mass is 846 g/mol. The zero-order valence-corrected chi connectivity index (χ0v) is 35.2. The van der Waals surface area contributed by atoms with Crippen LogP contribution < -0.4 is 15.2 Å². The molecule has 2 aromatic heterocycles. The Bertz CT molecular complexity index is 2230. The Hall–Kier alpha value is -5.64. The normalized spacial score (nSPS) is 17.5. The molecule has 16 heteroatoms. The summed E-state index contributed by atoms with van der Waals surface area (Å²) in [5, 5.41) is 28.2. The number of fused-ring (bicyclic) bond motifs is 1. The first-order valence-electron chi connectivity index (χ1n) is 21.3. The van der Waals surface area contributed by atoms with Gasteiger partial charge in [-0.1, -0.05) is 93.9 Å². The molecule has 328 valence electrons. The van der Waals surface area contributed by atoms with E-state index in [-0.39, 0.29) is 29.8 Å². The second-order valence-corrected chi connectivity index (χ2v) is 15.6. The van der Waals surface area contributed by atoms with Crippen molar-refractivity contribution in [3.05, 3.63) is 84.3 Å². The predicted octanol–water partition coefficient (Wildman–Crippen LogP) is 10.2. The molecule has 0 bridgehead atoms. The minimum atomic E-state index is -4.55. The number of hydrogen-bond donors (Lipinski definition) is 3. The second kappa shape index (κ2) is 20.8. The number of ether oxygens (including phenoxy) is 2. The molecule has 0 spiro atoms. The Morgan fingerprint density at radius 2 is 1.39 bits per heavy atom. The first-order valence-corrected chi connectivity index (χ1v) is 21.3. The number of aliphatic hydroxyl groups is 1. The minimum Gasteiger partial charge on any atom is -0.494 e. The summed E-state index contributed by atoms with van der Waals surface area (Å²) in [6.45, 7) is 12.1. The van der Waals surface area contributed by atoms with Gasteiger partial charge in [0.2, 0.25) is 17.5 Å². The first kappa shape index (κ1) is 44.9. The van der Waals surface area contributed by atoms with E-state index in [4.69, 9.17) is 29.7 Å². The Morgan fingerprint density at radius 1 is 0.803 bits per heavy atom. The number of nitrogens with one attached hydrogen (secondary N) is 1. The average molecular weight is 847 g/mol. The van der Waals surface area contributed by atoms with Crippen LogP contribution in [0.25, 0.3) is 33.5 Å². The lowest BCUT2D eigenvalue weighted by Crippen LogP contribution is -2.43. The zero-order chi connectivity index (χ0) is 43.5. The summed E-state index contributed by atoms with van der Waals surface area (Å²) < 4.78 is 62.9. The van der Waals surface area contributed by atoms with Crippen LogP contribution in [0, 0.1) is 5.41 Å². The molecule has 4 N–H and O–H groups in total. The number of nitrogens with two attached hydrogens (primary N) is 1. The fourth-order valence-electron chi connectivity index (χ4n) is 7.48. The summed E-state index contributed by atoms with van der Waals surface area (Å²) >= 11 is 0. The van der Waals surface area contributed by atoms with Gasteiger partial charge in [0.05, 0.1) is 36.5 Å². The molecule has 61 heavy (non-hydrogen) atoms. The van der Waals surface area contributed by atoms with E-state index < -0.39 is 23.9 Å². The predicted molar refractivity (Wildman–Crippen MR) is 227 cm³/mol. The molecule has 0 radical (unpaired) electrons. The van der Waals surface area contributed by atoms with Crippen LogP contribution in [-0.4, -0.2) is 73.4 Å². The molecule has 2 aliphatic rings. The molecule has 2 fully saturated rings. The molecule has 2 aliphatic heterocycles.